The highest BCUT2D eigenvalue weighted by Gasteiger charge is 2.22. The van der Waals surface area contributed by atoms with Gasteiger partial charge in [0.1, 0.15) is 0 Å². The molecule has 122 valence electrons. The Kier molecular flexibility index (Phi) is 4.73. The topological polar surface area (TPSA) is 95.0 Å². The first kappa shape index (κ1) is 15.7. The first-order valence-corrected chi connectivity index (χ1v) is 7.96. The summed E-state index contributed by atoms with van der Waals surface area (Å²) in [7, 11) is 0. The standard InChI is InChI=1S/C17H22N4O2/c18-9-13(8-12-4-2-1-3-5-12)10-21-7-6-14-15(11-21)19-17(23)20-16(14)22/h1-5,13H,6-11,18H2,(H2,19,20,22,23). The smallest absolute Gasteiger partial charge is 0.325 e. The second-order valence-electron chi connectivity index (χ2n) is 6.14. The van der Waals surface area contributed by atoms with Gasteiger partial charge in [0, 0.05) is 30.9 Å². The molecule has 0 aliphatic carbocycles. The number of benzene rings is 1. The Balaban J connectivity index is 1.68. The van der Waals surface area contributed by atoms with Gasteiger partial charge in [0.25, 0.3) is 5.56 Å². The van der Waals surface area contributed by atoms with Crippen LogP contribution in [0, 0.1) is 5.92 Å². The van der Waals surface area contributed by atoms with Crippen LogP contribution in [0.5, 0.6) is 0 Å². The van der Waals surface area contributed by atoms with Gasteiger partial charge in [-0.1, -0.05) is 30.3 Å². The first-order chi connectivity index (χ1) is 11.2. The zero-order valence-electron chi connectivity index (χ0n) is 13.0. The van der Waals surface area contributed by atoms with Crippen molar-refractivity contribution in [3.8, 4) is 0 Å². The molecule has 2 heterocycles. The molecule has 23 heavy (non-hydrogen) atoms. The van der Waals surface area contributed by atoms with E-state index in [-0.39, 0.29) is 5.56 Å². The molecule has 4 N–H and O–H groups in total. The number of nitrogens with one attached hydrogen (secondary N) is 2. The van der Waals surface area contributed by atoms with E-state index < -0.39 is 5.69 Å². The van der Waals surface area contributed by atoms with Crippen molar-refractivity contribution in [2.45, 2.75) is 19.4 Å². The molecule has 0 spiro atoms. The number of nitrogens with two attached hydrogens (primary N) is 1. The molecule has 6 heteroatoms. The van der Waals surface area contributed by atoms with E-state index in [0.29, 0.717) is 31.0 Å². The molecule has 0 amide bonds. The lowest BCUT2D eigenvalue weighted by Gasteiger charge is -2.30. The molecule has 2 aromatic rings. The summed E-state index contributed by atoms with van der Waals surface area (Å²) in [5.41, 5.74) is 7.97. The maximum atomic E-state index is 11.8. The predicted octanol–water partition coefficient (Wildman–Crippen LogP) is 0.239. The largest absolute Gasteiger partial charge is 0.330 e. The molecule has 6 nitrogen and oxygen atoms in total. The summed E-state index contributed by atoms with van der Waals surface area (Å²) in [5, 5.41) is 0. The quantitative estimate of drug-likeness (QED) is 0.737. The van der Waals surface area contributed by atoms with Crippen LogP contribution in [-0.4, -0.2) is 34.5 Å². The molecule has 0 bridgehead atoms. The summed E-state index contributed by atoms with van der Waals surface area (Å²) in [6.07, 6.45) is 1.59. The summed E-state index contributed by atoms with van der Waals surface area (Å²) in [6.45, 7) is 2.89. The van der Waals surface area contributed by atoms with E-state index >= 15 is 0 Å². The fourth-order valence-electron chi connectivity index (χ4n) is 3.22. The summed E-state index contributed by atoms with van der Waals surface area (Å²) in [4.78, 5) is 30.5. The first-order valence-electron chi connectivity index (χ1n) is 7.96. The highest BCUT2D eigenvalue weighted by Crippen LogP contribution is 2.16. The van der Waals surface area contributed by atoms with Gasteiger partial charge < -0.3 is 10.7 Å². The van der Waals surface area contributed by atoms with Crippen LogP contribution in [0.1, 0.15) is 16.8 Å². The minimum Gasteiger partial charge on any atom is -0.330 e. The van der Waals surface area contributed by atoms with Crippen LogP contribution in [0.3, 0.4) is 0 Å². The third kappa shape index (κ3) is 3.78. The minimum absolute atomic E-state index is 0.261. The summed E-state index contributed by atoms with van der Waals surface area (Å²) < 4.78 is 0. The minimum atomic E-state index is -0.435. The molecule has 1 aliphatic heterocycles. The number of nitrogens with zero attached hydrogens (tertiary/aromatic N) is 1. The maximum Gasteiger partial charge on any atom is 0.325 e. The van der Waals surface area contributed by atoms with Gasteiger partial charge in [-0.05, 0) is 30.9 Å². The predicted molar refractivity (Wildman–Crippen MR) is 89.4 cm³/mol. The van der Waals surface area contributed by atoms with Gasteiger partial charge in [-0.25, -0.2) is 4.79 Å². The molecule has 1 aromatic carbocycles. The van der Waals surface area contributed by atoms with Crippen LogP contribution < -0.4 is 17.0 Å². The molecule has 1 atom stereocenters. The van der Waals surface area contributed by atoms with Crippen molar-refractivity contribution >= 4 is 0 Å². The number of aromatic amines is 2. The van der Waals surface area contributed by atoms with Crippen molar-refractivity contribution in [3.05, 3.63) is 68.0 Å². The Morgan fingerprint density at radius 2 is 1.96 bits per heavy atom. The Morgan fingerprint density at radius 1 is 1.17 bits per heavy atom. The van der Waals surface area contributed by atoms with Crippen LogP contribution >= 0.6 is 0 Å². The van der Waals surface area contributed by atoms with Crippen molar-refractivity contribution in [2.24, 2.45) is 11.7 Å². The maximum absolute atomic E-state index is 11.8. The second kappa shape index (κ2) is 6.93. The van der Waals surface area contributed by atoms with Crippen molar-refractivity contribution in [1.82, 2.24) is 14.9 Å². The van der Waals surface area contributed by atoms with E-state index in [1.54, 1.807) is 0 Å². The lowest BCUT2D eigenvalue weighted by molar-refractivity contribution is 0.210. The second-order valence-corrected chi connectivity index (χ2v) is 6.14. The lowest BCUT2D eigenvalue weighted by Crippen LogP contribution is -2.41. The zero-order valence-corrected chi connectivity index (χ0v) is 13.0. The molecule has 0 radical (unpaired) electrons. The van der Waals surface area contributed by atoms with Gasteiger partial charge in [0.2, 0.25) is 0 Å². The van der Waals surface area contributed by atoms with Gasteiger partial charge >= 0.3 is 5.69 Å². The van der Waals surface area contributed by atoms with Gasteiger partial charge in [0.05, 0.1) is 0 Å². The Hall–Kier alpha value is -2.18. The normalized spacial score (nSPS) is 16.0. The van der Waals surface area contributed by atoms with Crippen molar-refractivity contribution in [1.29, 1.82) is 0 Å². The van der Waals surface area contributed by atoms with Crippen LogP contribution in [0.4, 0.5) is 0 Å². The third-order valence-electron chi connectivity index (χ3n) is 4.41. The average molecular weight is 314 g/mol. The molecule has 0 saturated carbocycles. The third-order valence-corrected chi connectivity index (χ3v) is 4.41. The van der Waals surface area contributed by atoms with Crippen molar-refractivity contribution in [3.63, 3.8) is 0 Å². The van der Waals surface area contributed by atoms with E-state index in [0.717, 1.165) is 25.2 Å². The van der Waals surface area contributed by atoms with Gasteiger partial charge in [0.15, 0.2) is 0 Å². The zero-order chi connectivity index (χ0) is 16.2. The van der Waals surface area contributed by atoms with Crippen LogP contribution in [0.25, 0.3) is 0 Å². The molecular formula is C17H22N4O2. The highest BCUT2D eigenvalue weighted by atomic mass is 16.2. The summed E-state index contributed by atoms with van der Waals surface area (Å²) >= 11 is 0. The number of hydrogen-bond donors (Lipinski definition) is 3. The summed E-state index contributed by atoms with van der Waals surface area (Å²) in [5.74, 6) is 0.354. The van der Waals surface area contributed by atoms with E-state index in [9.17, 15) is 9.59 Å². The van der Waals surface area contributed by atoms with E-state index in [1.165, 1.54) is 5.56 Å². The average Bonchev–Trinajstić information content (AvgIpc) is 2.54. The van der Waals surface area contributed by atoms with E-state index in [4.69, 9.17) is 5.73 Å². The summed E-state index contributed by atoms with van der Waals surface area (Å²) in [6, 6.07) is 10.3. The van der Waals surface area contributed by atoms with Gasteiger partial charge in [-0.2, -0.15) is 0 Å². The van der Waals surface area contributed by atoms with Crippen molar-refractivity contribution < 1.29 is 0 Å². The van der Waals surface area contributed by atoms with Crippen molar-refractivity contribution in [2.75, 3.05) is 19.6 Å². The monoisotopic (exact) mass is 314 g/mol. The molecule has 0 fully saturated rings. The Labute approximate surface area is 134 Å². The fourth-order valence-corrected chi connectivity index (χ4v) is 3.22. The van der Waals surface area contributed by atoms with Crippen LogP contribution in [0.15, 0.2) is 39.9 Å². The van der Waals surface area contributed by atoms with Crippen LogP contribution in [-0.2, 0) is 19.4 Å². The molecule has 0 saturated heterocycles. The number of hydrogen-bond acceptors (Lipinski definition) is 4. The van der Waals surface area contributed by atoms with Gasteiger partial charge in [-0.3, -0.25) is 14.7 Å². The number of rotatable bonds is 5. The number of aromatic nitrogens is 2. The Morgan fingerprint density at radius 3 is 2.70 bits per heavy atom. The fraction of sp³-hybridized carbons (Fsp3) is 0.412. The van der Waals surface area contributed by atoms with E-state index in [2.05, 4.69) is 27.0 Å². The number of H-pyrrole nitrogens is 2. The molecular weight excluding hydrogens is 292 g/mol. The SMILES string of the molecule is NCC(Cc1ccccc1)CN1CCc2c([nH]c(=O)[nH]c2=O)C1. The molecule has 1 aliphatic rings. The number of fused-ring (bicyclic) bond motifs is 1. The lowest BCUT2D eigenvalue weighted by atomic mass is 9.97. The molecule has 1 aromatic heterocycles. The highest BCUT2D eigenvalue weighted by molar-refractivity contribution is 5.19. The Bertz CT molecular complexity index is 766. The molecule has 1 unspecified atom stereocenters. The van der Waals surface area contributed by atoms with Crippen LogP contribution in [0.2, 0.25) is 0 Å². The molecule has 3 rings (SSSR count). The van der Waals surface area contributed by atoms with E-state index in [1.807, 2.05) is 18.2 Å². The van der Waals surface area contributed by atoms with Gasteiger partial charge in [-0.15, -0.1) is 0 Å².